The summed E-state index contributed by atoms with van der Waals surface area (Å²) in [6.07, 6.45) is 2.36. The summed E-state index contributed by atoms with van der Waals surface area (Å²) in [6.45, 7) is 6.76. The zero-order valence-electron chi connectivity index (χ0n) is 6.54. The van der Waals surface area contributed by atoms with Crippen LogP contribution in [0.1, 0.15) is 19.3 Å². The predicted octanol–water partition coefficient (Wildman–Crippen LogP) is 1.25. The lowest BCUT2D eigenvalue weighted by molar-refractivity contribution is -0.145. The van der Waals surface area contributed by atoms with Crippen molar-refractivity contribution < 1.29 is 9.53 Å². The van der Waals surface area contributed by atoms with Crippen molar-refractivity contribution in [3.63, 3.8) is 0 Å². The number of rotatable bonds is 1. The van der Waals surface area contributed by atoms with E-state index >= 15 is 0 Å². The molecule has 1 rings (SSSR count). The lowest BCUT2D eigenvalue weighted by Gasteiger charge is -2.02. The number of carbonyl (C=O) groups is 1. The molecule has 1 fully saturated rings. The first-order chi connectivity index (χ1) is 5.27. The fourth-order valence-corrected chi connectivity index (χ4v) is 1.46. The van der Waals surface area contributed by atoms with Gasteiger partial charge in [0.05, 0.1) is 13.0 Å². The van der Waals surface area contributed by atoms with Gasteiger partial charge in [-0.3, -0.25) is 4.79 Å². The average Bonchev–Trinajstić information content (AvgIpc) is 2.50. The summed E-state index contributed by atoms with van der Waals surface area (Å²) >= 11 is 0. The molecule has 0 radical (unpaired) electrons. The molecule has 3 heteroatoms. The second-order valence-electron chi connectivity index (χ2n) is 2.82. The summed E-state index contributed by atoms with van der Waals surface area (Å²) < 4.78 is 4.59. The second kappa shape index (κ2) is 3.38. The number of hydrogen-bond acceptors (Lipinski definition) is 2. The highest BCUT2D eigenvalue weighted by molar-refractivity contribution is 5.72. The molecule has 1 aliphatic rings. The van der Waals surface area contributed by atoms with Crippen molar-refractivity contribution >= 4 is 5.97 Å². The molecule has 0 aromatic carbocycles. The normalized spacial score (nSPS) is 29.5. The van der Waals surface area contributed by atoms with E-state index in [4.69, 9.17) is 6.57 Å². The topological polar surface area (TPSA) is 30.7 Å². The number of ether oxygens (including phenoxy) is 1. The molecule has 0 spiro atoms. The van der Waals surface area contributed by atoms with E-state index in [1.165, 1.54) is 7.11 Å². The largest absolute Gasteiger partial charge is 0.469 e. The minimum absolute atomic E-state index is 0.0147. The molecule has 3 nitrogen and oxygen atoms in total. The van der Waals surface area contributed by atoms with E-state index in [1.54, 1.807) is 0 Å². The van der Waals surface area contributed by atoms with Gasteiger partial charge in [0.2, 0.25) is 6.04 Å². The van der Waals surface area contributed by atoms with Gasteiger partial charge in [-0.1, -0.05) is 0 Å². The van der Waals surface area contributed by atoms with Crippen molar-refractivity contribution in [2.24, 2.45) is 5.92 Å². The van der Waals surface area contributed by atoms with Crippen LogP contribution in [0.25, 0.3) is 4.85 Å². The van der Waals surface area contributed by atoms with Gasteiger partial charge in [0.1, 0.15) is 0 Å². The number of hydrogen-bond donors (Lipinski definition) is 0. The minimum Gasteiger partial charge on any atom is -0.469 e. The molecule has 0 unspecified atom stereocenters. The maximum atomic E-state index is 11.0. The first kappa shape index (κ1) is 8.06. The van der Waals surface area contributed by atoms with Crippen molar-refractivity contribution in [1.29, 1.82) is 0 Å². The molecule has 1 saturated carbocycles. The van der Waals surface area contributed by atoms with Gasteiger partial charge in [0, 0.05) is 12.8 Å². The quantitative estimate of drug-likeness (QED) is 0.419. The smallest absolute Gasteiger partial charge is 0.308 e. The van der Waals surface area contributed by atoms with E-state index in [2.05, 4.69) is 9.58 Å². The summed E-state index contributed by atoms with van der Waals surface area (Å²) in [5.41, 5.74) is 0. The molecule has 2 atom stereocenters. The third-order valence-corrected chi connectivity index (χ3v) is 2.12. The van der Waals surface area contributed by atoms with E-state index in [9.17, 15) is 4.79 Å². The Morgan fingerprint density at radius 2 is 2.36 bits per heavy atom. The maximum Gasteiger partial charge on any atom is 0.308 e. The molecule has 0 amide bonds. The molecule has 0 N–H and O–H groups in total. The Balaban J connectivity index is 2.43. The molecule has 0 bridgehead atoms. The molecule has 0 heterocycles. The Labute approximate surface area is 66.2 Å². The van der Waals surface area contributed by atoms with Gasteiger partial charge in [-0.05, 0) is 6.42 Å². The first-order valence-corrected chi connectivity index (χ1v) is 3.72. The number of esters is 1. The molecule has 1 aliphatic carbocycles. The monoisotopic (exact) mass is 153 g/mol. The van der Waals surface area contributed by atoms with Crippen LogP contribution >= 0.6 is 0 Å². The molecular weight excluding hydrogens is 142 g/mol. The Morgan fingerprint density at radius 1 is 1.64 bits per heavy atom. The molecule has 60 valence electrons. The molecule has 0 aliphatic heterocycles. The first-order valence-electron chi connectivity index (χ1n) is 3.72. The van der Waals surface area contributed by atoms with Crippen LogP contribution in [-0.4, -0.2) is 19.1 Å². The maximum absolute atomic E-state index is 11.0. The zero-order valence-corrected chi connectivity index (χ0v) is 6.54. The summed E-state index contributed by atoms with van der Waals surface area (Å²) in [5.74, 6) is -0.171. The Kier molecular flexibility index (Phi) is 2.48. The highest BCUT2D eigenvalue weighted by Gasteiger charge is 2.33. The SMILES string of the molecule is [C-]#[N+][C@@H]1CC[C@H](C(=O)OC)C1. The van der Waals surface area contributed by atoms with Crippen LogP contribution in [0, 0.1) is 12.5 Å². The molecule has 0 saturated heterocycles. The van der Waals surface area contributed by atoms with Gasteiger partial charge in [-0.25, -0.2) is 6.57 Å². The van der Waals surface area contributed by atoms with Gasteiger partial charge in [-0.2, -0.15) is 0 Å². The average molecular weight is 153 g/mol. The van der Waals surface area contributed by atoms with Gasteiger partial charge in [0.15, 0.2) is 0 Å². The van der Waals surface area contributed by atoms with Gasteiger partial charge < -0.3 is 9.58 Å². The Morgan fingerprint density at radius 3 is 2.82 bits per heavy atom. The van der Waals surface area contributed by atoms with Crippen molar-refractivity contribution in [3.05, 3.63) is 11.4 Å². The fourth-order valence-electron chi connectivity index (χ4n) is 1.46. The molecule has 0 aromatic heterocycles. The van der Waals surface area contributed by atoms with Crippen molar-refractivity contribution in [1.82, 2.24) is 0 Å². The van der Waals surface area contributed by atoms with E-state index in [-0.39, 0.29) is 17.9 Å². The van der Waals surface area contributed by atoms with Crippen LogP contribution in [0.4, 0.5) is 0 Å². The summed E-state index contributed by atoms with van der Waals surface area (Å²) in [6, 6.07) is 0.0547. The van der Waals surface area contributed by atoms with Gasteiger partial charge in [-0.15, -0.1) is 0 Å². The third-order valence-electron chi connectivity index (χ3n) is 2.12. The van der Waals surface area contributed by atoms with E-state index < -0.39 is 0 Å². The van der Waals surface area contributed by atoms with Gasteiger partial charge in [0.25, 0.3) is 0 Å². The van der Waals surface area contributed by atoms with Crippen LogP contribution in [0.2, 0.25) is 0 Å². The third kappa shape index (κ3) is 1.70. The Hall–Kier alpha value is -1.04. The highest BCUT2D eigenvalue weighted by atomic mass is 16.5. The molecule has 0 aromatic rings. The fraction of sp³-hybridized carbons (Fsp3) is 0.750. The van der Waals surface area contributed by atoms with Crippen LogP contribution < -0.4 is 0 Å². The summed E-state index contributed by atoms with van der Waals surface area (Å²) in [5, 5.41) is 0. The van der Waals surface area contributed by atoms with E-state index in [0.29, 0.717) is 6.42 Å². The van der Waals surface area contributed by atoms with Crippen molar-refractivity contribution in [3.8, 4) is 0 Å². The lowest BCUT2D eigenvalue weighted by atomic mass is 10.1. The number of methoxy groups -OCH3 is 1. The second-order valence-corrected chi connectivity index (χ2v) is 2.82. The Bertz CT molecular complexity index is 195. The summed E-state index contributed by atoms with van der Waals surface area (Å²) in [7, 11) is 1.40. The number of nitrogens with zero attached hydrogens (tertiary/aromatic N) is 1. The van der Waals surface area contributed by atoms with E-state index in [0.717, 1.165) is 12.8 Å². The number of carbonyl (C=O) groups excluding carboxylic acids is 1. The van der Waals surface area contributed by atoms with Gasteiger partial charge >= 0.3 is 5.97 Å². The minimum atomic E-state index is -0.156. The van der Waals surface area contributed by atoms with Crippen molar-refractivity contribution in [2.45, 2.75) is 25.3 Å². The highest BCUT2D eigenvalue weighted by Crippen LogP contribution is 2.28. The predicted molar refractivity (Wildman–Crippen MR) is 39.7 cm³/mol. The van der Waals surface area contributed by atoms with Crippen LogP contribution in [-0.2, 0) is 9.53 Å². The van der Waals surface area contributed by atoms with Crippen LogP contribution in [0.15, 0.2) is 0 Å². The summed E-state index contributed by atoms with van der Waals surface area (Å²) in [4.78, 5) is 14.3. The standard InChI is InChI=1S/C8H11NO2/c1-9-7-4-3-6(5-7)8(10)11-2/h6-7H,3-5H2,2H3/t6-,7+/m0/s1. The van der Waals surface area contributed by atoms with Crippen LogP contribution in [0.3, 0.4) is 0 Å². The molecular formula is C8H11NO2. The zero-order chi connectivity index (χ0) is 8.27. The van der Waals surface area contributed by atoms with E-state index in [1.807, 2.05) is 0 Å². The van der Waals surface area contributed by atoms with Crippen LogP contribution in [0.5, 0.6) is 0 Å². The van der Waals surface area contributed by atoms with Crippen molar-refractivity contribution in [2.75, 3.05) is 7.11 Å². The molecule has 11 heavy (non-hydrogen) atoms. The lowest BCUT2D eigenvalue weighted by Crippen LogP contribution is -2.13.